The second-order valence-corrected chi connectivity index (χ2v) is 7.01. The van der Waals surface area contributed by atoms with E-state index in [1.807, 2.05) is 0 Å². The summed E-state index contributed by atoms with van der Waals surface area (Å²) in [6.07, 6.45) is 1.79. The van der Waals surface area contributed by atoms with Crippen molar-refractivity contribution in [3.8, 4) is 0 Å². The van der Waals surface area contributed by atoms with Gasteiger partial charge in [-0.2, -0.15) is 0 Å². The standard InChI is InChI=1S/C14H21N3O3S/c1-10-5-6-12(16-11(2)18)8-14(10)21(19,20)17-13-4-3-7-15-9-13/h5-6,8,13,15,17H,3-4,7,9H2,1-2H3,(H,16,18)/t13-/m1/s1. The molecule has 21 heavy (non-hydrogen) atoms. The number of benzene rings is 1. The topological polar surface area (TPSA) is 87.3 Å². The number of hydrogen-bond acceptors (Lipinski definition) is 4. The number of carbonyl (C=O) groups is 1. The lowest BCUT2D eigenvalue weighted by molar-refractivity contribution is -0.114. The van der Waals surface area contributed by atoms with Gasteiger partial charge in [-0.05, 0) is 44.0 Å². The molecule has 0 spiro atoms. The van der Waals surface area contributed by atoms with Gasteiger partial charge in [-0.15, -0.1) is 0 Å². The van der Waals surface area contributed by atoms with E-state index in [-0.39, 0.29) is 16.8 Å². The van der Waals surface area contributed by atoms with Crippen molar-refractivity contribution in [2.24, 2.45) is 0 Å². The Bertz CT molecular complexity index is 622. The molecule has 1 aliphatic heterocycles. The third-order valence-electron chi connectivity index (χ3n) is 3.42. The van der Waals surface area contributed by atoms with Gasteiger partial charge >= 0.3 is 0 Å². The first-order valence-corrected chi connectivity index (χ1v) is 8.48. The number of sulfonamides is 1. The van der Waals surface area contributed by atoms with E-state index in [0.29, 0.717) is 17.8 Å². The number of anilines is 1. The highest BCUT2D eigenvalue weighted by molar-refractivity contribution is 7.89. The summed E-state index contributed by atoms with van der Waals surface area (Å²) in [5.74, 6) is -0.230. The minimum Gasteiger partial charge on any atom is -0.326 e. The van der Waals surface area contributed by atoms with E-state index < -0.39 is 10.0 Å². The number of rotatable bonds is 4. The maximum atomic E-state index is 12.5. The smallest absolute Gasteiger partial charge is 0.241 e. The Kier molecular flexibility index (Phi) is 4.97. The largest absolute Gasteiger partial charge is 0.326 e. The molecule has 1 aromatic rings. The Morgan fingerprint density at radius 3 is 2.76 bits per heavy atom. The molecule has 1 aromatic carbocycles. The molecule has 3 N–H and O–H groups in total. The lowest BCUT2D eigenvalue weighted by Crippen LogP contribution is -2.45. The van der Waals surface area contributed by atoms with Gasteiger partial charge in [-0.1, -0.05) is 6.07 Å². The summed E-state index contributed by atoms with van der Waals surface area (Å²) in [5, 5.41) is 5.78. The van der Waals surface area contributed by atoms with Crippen LogP contribution in [-0.2, 0) is 14.8 Å². The zero-order valence-electron chi connectivity index (χ0n) is 12.3. The van der Waals surface area contributed by atoms with Crippen LogP contribution in [0.2, 0.25) is 0 Å². The van der Waals surface area contributed by atoms with Crippen LogP contribution >= 0.6 is 0 Å². The van der Waals surface area contributed by atoms with Gasteiger partial charge < -0.3 is 10.6 Å². The molecule has 1 aliphatic rings. The quantitative estimate of drug-likeness (QED) is 0.773. The Balaban J connectivity index is 2.23. The van der Waals surface area contributed by atoms with Crippen LogP contribution in [0, 0.1) is 6.92 Å². The van der Waals surface area contributed by atoms with Crippen LogP contribution < -0.4 is 15.4 Å². The van der Waals surface area contributed by atoms with Gasteiger partial charge in [-0.3, -0.25) is 4.79 Å². The first-order valence-electron chi connectivity index (χ1n) is 7.00. The number of nitrogens with one attached hydrogen (secondary N) is 3. The lowest BCUT2D eigenvalue weighted by Gasteiger charge is -2.24. The molecular weight excluding hydrogens is 290 g/mol. The zero-order chi connectivity index (χ0) is 15.5. The number of hydrogen-bond donors (Lipinski definition) is 3. The Hall–Kier alpha value is -1.44. The molecule has 1 amide bonds. The van der Waals surface area contributed by atoms with Crippen molar-refractivity contribution in [2.45, 2.75) is 37.6 Å². The third kappa shape index (κ3) is 4.26. The SMILES string of the molecule is CC(=O)Nc1ccc(C)c(S(=O)(=O)N[C@@H]2CCCNC2)c1. The monoisotopic (exact) mass is 311 g/mol. The van der Waals surface area contributed by atoms with Crippen molar-refractivity contribution in [1.82, 2.24) is 10.0 Å². The lowest BCUT2D eigenvalue weighted by atomic mass is 10.1. The minimum absolute atomic E-state index is 0.0902. The molecular formula is C14H21N3O3S. The highest BCUT2D eigenvalue weighted by atomic mass is 32.2. The maximum absolute atomic E-state index is 12.5. The fourth-order valence-electron chi connectivity index (χ4n) is 2.41. The molecule has 0 aliphatic carbocycles. The van der Waals surface area contributed by atoms with Crippen LogP contribution in [0.25, 0.3) is 0 Å². The van der Waals surface area contributed by atoms with E-state index in [1.165, 1.54) is 13.0 Å². The van der Waals surface area contributed by atoms with Crippen molar-refractivity contribution < 1.29 is 13.2 Å². The van der Waals surface area contributed by atoms with Gasteiger partial charge in [0.2, 0.25) is 15.9 Å². The first kappa shape index (κ1) is 15.9. The molecule has 0 unspecified atom stereocenters. The van der Waals surface area contributed by atoms with Gasteiger partial charge in [0.15, 0.2) is 0 Å². The van der Waals surface area contributed by atoms with Gasteiger partial charge in [0.1, 0.15) is 0 Å². The van der Waals surface area contributed by atoms with Gasteiger partial charge in [0, 0.05) is 25.2 Å². The third-order valence-corrected chi connectivity index (χ3v) is 5.08. The second-order valence-electron chi connectivity index (χ2n) is 5.33. The molecule has 0 bridgehead atoms. The van der Waals surface area contributed by atoms with Crippen molar-refractivity contribution in [3.05, 3.63) is 23.8 Å². The molecule has 7 heteroatoms. The average molecular weight is 311 g/mol. The summed E-state index contributed by atoms with van der Waals surface area (Å²) in [6.45, 7) is 4.70. The highest BCUT2D eigenvalue weighted by Gasteiger charge is 2.23. The van der Waals surface area contributed by atoms with E-state index in [0.717, 1.165) is 19.4 Å². The summed E-state index contributed by atoms with van der Waals surface area (Å²) < 4.78 is 27.7. The van der Waals surface area contributed by atoms with E-state index in [1.54, 1.807) is 19.1 Å². The molecule has 0 radical (unpaired) electrons. The molecule has 1 fully saturated rings. The normalized spacial score (nSPS) is 19.2. The van der Waals surface area contributed by atoms with Gasteiger partial charge in [0.25, 0.3) is 0 Å². The number of aryl methyl sites for hydroxylation is 1. The fourth-order valence-corrected chi connectivity index (χ4v) is 3.95. The average Bonchev–Trinajstić information content (AvgIpc) is 2.41. The highest BCUT2D eigenvalue weighted by Crippen LogP contribution is 2.21. The Morgan fingerprint density at radius 1 is 1.38 bits per heavy atom. The molecule has 0 saturated carbocycles. The molecule has 1 saturated heterocycles. The van der Waals surface area contributed by atoms with Crippen LogP contribution in [-0.4, -0.2) is 33.5 Å². The van der Waals surface area contributed by atoms with Crippen molar-refractivity contribution in [3.63, 3.8) is 0 Å². The number of amides is 1. The van der Waals surface area contributed by atoms with Crippen molar-refractivity contribution in [1.29, 1.82) is 0 Å². The number of piperidine rings is 1. The fraction of sp³-hybridized carbons (Fsp3) is 0.500. The molecule has 116 valence electrons. The molecule has 1 atom stereocenters. The molecule has 1 heterocycles. The van der Waals surface area contributed by atoms with Crippen molar-refractivity contribution >= 4 is 21.6 Å². The molecule has 0 aromatic heterocycles. The van der Waals surface area contributed by atoms with Gasteiger partial charge in [0.05, 0.1) is 4.90 Å². The summed E-state index contributed by atoms with van der Waals surface area (Å²) >= 11 is 0. The summed E-state index contributed by atoms with van der Waals surface area (Å²) in [5.41, 5.74) is 1.13. The predicted octanol–water partition coefficient (Wildman–Crippen LogP) is 0.984. The molecule has 6 nitrogen and oxygen atoms in total. The van der Waals surface area contributed by atoms with Crippen LogP contribution in [0.4, 0.5) is 5.69 Å². The molecule has 2 rings (SSSR count). The van der Waals surface area contributed by atoms with Crippen LogP contribution in [0.5, 0.6) is 0 Å². The van der Waals surface area contributed by atoms with Crippen LogP contribution in [0.3, 0.4) is 0 Å². The second kappa shape index (κ2) is 6.55. The van der Waals surface area contributed by atoms with E-state index in [2.05, 4.69) is 15.4 Å². The minimum atomic E-state index is -3.59. The maximum Gasteiger partial charge on any atom is 0.241 e. The zero-order valence-corrected chi connectivity index (χ0v) is 13.1. The summed E-state index contributed by atoms with van der Waals surface area (Å²) in [7, 11) is -3.59. The van der Waals surface area contributed by atoms with E-state index in [9.17, 15) is 13.2 Å². The Labute approximate surface area is 125 Å². The van der Waals surface area contributed by atoms with Crippen LogP contribution in [0.1, 0.15) is 25.3 Å². The van der Waals surface area contributed by atoms with E-state index in [4.69, 9.17) is 0 Å². The van der Waals surface area contributed by atoms with Crippen molar-refractivity contribution in [2.75, 3.05) is 18.4 Å². The predicted molar refractivity (Wildman–Crippen MR) is 81.7 cm³/mol. The van der Waals surface area contributed by atoms with Crippen LogP contribution in [0.15, 0.2) is 23.1 Å². The van der Waals surface area contributed by atoms with E-state index >= 15 is 0 Å². The first-order chi connectivity index (χ1) is 9.88. The Morgan fingerprint density at radius 2 is 2.14 bits per heavy atom. The van der Waals surface area contributed by atoms with Gasteiger partial charge in [-0.25, -0.2) is 13.1 Å². The number of carbonyl (C=O) groups excluding carboxylic acids is 1. The summed E-state index contributed by atoms with van der Waals surface area (Å²) in [6, 6.07) is 4.79. The summed E-state index contributed by atoms with van der Waals surface area (Å²) in [4.78, 5) is 11.3.